The molecule has 3 rings (SSSR count). The van der Waals surface area contributed by atoms with Crippen molar-refractivity contribution < 1.29 is 4.79 Å². The highest BCUT2D eigenvalue weighted by atomic mass is 32.1. The Morgan fingerprint density at radius 2 is 2.03 bits per heavy atom. The van der Waals surface area contributed by atoms with Gasteiger partial charge < -0.3 is 5.32 Å². The van der Waals surface area contributed by atoms with E-state index in [2.05, 4.69) is 62.5 Å². The van der Waals surface area contributed by atoms with Gasteiger partial charge in [-0.25, -0.2) is 0 Å². The van der Waals surface area contributed by atoms with Crippen molar-refractivity contribution in [2.24, 2.45) is 17.3 Å². The minimum Gasteiger partial charge on any atom is -0.327 e. The maximum atomic E-state index is 10.5. The highest BCUT2D eigenvalue weighted by Gasteiger charge is 2.17. The first-order valence-electron chi connectivity index (χ1n) is 12.1. The second-order valence-electron chi connectivity index (χ2n) is 10.3. The number of hydrogen-bond donors (Lipinski definition) is 1. The first-order chi connectivity index (χ1) is 15.7. The lowest BCUT2D eigenvalue weighted by Gasteiger charge is -2.25. The van der Waals surface area contributed by atoms with Crippen molar-refractivity contribution in [1.82, 2.24) is 4.98 Å². The largest absolute Gasteiger partial charge is 0.327 e. The van der Waals surface area contributed by atoms with E-state index in [1.807, 2.05) is 31.5 Å². The monoisotopic (exact) mass is 464 g/mol. The van der Waals surface area contributed by atoms with Gasteiger partial charge in [-0.1, -0.05) is 63.5 Å². The van der Waals surface area contributed by atoms with Gasteiger partial charge in [0, 0.05) is 17.8 Å². The molecule has 0 radical (unpaired) electrons. The number of thiophene rings is 1. The quantitative estimate of drug-likeness (QED) is 0.333. The van der Waals surface area contributed by atoms with Crippen LogP contribution in [0.4, 0.5) is 5.69 Å². The number of nitrogens with zero attached hydrogens (tertiary/aromatic N) is 1. The van der Waals surface area contributed by atoms with Gasteiger partial charge in [0.05, 0.1) is 15.4 Å². The van der Waals surface area contributed by atoms with E-state index in [-0.39, 0.29) is 5.41 Å². The van der Waals surface area contributed by atoms with Crippen molar-refractivity contribution in [1.29, 1.82) is 0 Å². The number of nitrogens with one attached hydrogen (secondary N) is 1. The molecule has 0 bridgehead atoms. The highest BCUT2D eigenvalue weighted by Crippen LogP contribution is 2.32. The molecule has 178 valence electrons. The Labute approximate surface area is 205 Å². The Balaban J connectivity index is 0.000000234. The Hall–Kier alpha value is -2.38. The summed E-state index contributed by atoms with van der Waals surface area (Å²) in [5.74, 6) is 8.29. The lowest BCUT2D eigenvalue weighted by molar-refractivity contribution is -0.105. The number of pyridine rings is 1. The van der Waals surface area contributed by atoms with Crippen LogP contribution in [0.5, 0.6) is 0 Å². The summed E-state index contributed by atoms with van der Waals surface area (Å²) in [6, 6.07) is 6.12. The zero-order chi connectivity index (χ0) is 24.3. The molecule has 1 N–H and O–H groups in total. The standard InChI is InChI=1S/C15H23N.C14H17NOS/c1-13-7-9-14(10-8-13)4-2-5-15-6-3-11-16-12-15;1-10(2)13-12(15-9-16)8-11(17-13)6-7-14(3,4)5/h3,6,11-14H,2,4-5,7-10H2,1H3;8-9H,1H2,2-5H3,(H,15,16). The van der Waals surface area contributed by atoms with Crippen molar-refractivity contribution >= 4 is 29.0 Å². The van der Waals surface area contributed by atoms with Crippen molar-refractivity contribution in [3.8, 4) is 11.8 Å². The molecule has 1 aliphatic rings. The number of anilines is 1. The summed E-state index contributed by atoms with van der Waals surface area (Å²) in [5.41, 5.74) is 3.09. The fourth-order valence-corrected chi connectivity index (χ4v) is 4.85. The zero-order valence-corrected chi connectivity index (χ0v) is 21.9. The van der Waals surface area contributed by atoms with E-state index in [4.69, 9.17) is 0 Å². The molecule has 1 saturated carbocycles. The molecule has 2 heterocycles. The molecule has 1 amide bonds. The van der Waals surface area contributed by atoms with Crippen molar-refractivity contribution in [3.63, 3.8) is 0 Å². The molecule has 2 aromatic rings. The van der Waals surface area contributed by atoms with Crippen molar-refractivity contribution in [3.05, 3.63) is 52.5 Å². The maximum Gasteiger partial charge on any atom is 0.211 e. The third-order valence-corrected chi connectivity index (χ3v) is 7.04. The minimum absolute atomic E-state index is 0.0222. The number of amides is 1. The number of aryl methyl sites for hydroxylation is 1. The number of hydrogen-bond acceptors (Lipinski definition) is 3. The molecule has 0 atom stereocenters. The van der Waals surface area contributed by atoms with Crippen LogP contribution in [0, 0.1) is 29.1 Å². The van der Waals surface area contributed by atoms with Crippen molar-refractivity contribution in [2.75, 3.05) is 5.32 Å². The summed E-state index contributed by atoms with van der Waals surface area (Å²) in [6.45, 7) is 14.4. The van der Waals surface area contributed by atoms with Crippen LogP contribution in [0.2, 0.25) is 0 Å². The molecule has 2 aromatic heterocycles. The topological polar surface area (TPSA) is 42.0 Å². The number of rotatable bonds is 7. The number of allylic oxidation sites excluding steroid dienone is 1. The van der Waals surface area contributed by atoms with Gasteiger partial charge in [0.2, 0.25) is 6.41 Å². The molecular formula is C29H40N2OS. The van der Waals surface area contributed by atoms with E-state index in [9.17, 15) is 4.79 Å². The molecule has 4 heteroatoms. The molecule has 0 unspecified atom stereocenters. The van der Waals surface area contributed by atoms with Crippen LogP contribution < -0.4 is 5.32 Å². The van der Waals surface area contributed by atoms with Gasteiger partial charge in [0.25, 0.3) is 0 Å². The van der Waals surface area contributed by atoms with E-state index in [1.165, 1.54) is 50.5 Å². The van der Waals surface area contributed by atoms with Gasteiger partial charge in [-0.05, 0) is 75.6 Å². The predicted octanol–water partition coefficient (Wildman–Crippen LogP) is 7.98. The Morgan fingerprint density at radius 3 is 2.61 bits per heavy atom. The second kappa shape index (κ2) is 13.4. The number of aromatic nitrogens is 1. The molecule has 1 fully saturated rings. The molecule has 33 heavy (non-hydrogen) atoms. The average molecular weight is 465 g/mol. The molecule has 0 aromatic carbocycles. The summed E-state index contributed by atoms with van der Waals surface area (Å²) >= 11 is 1.55. The van der Waals surface area contributed by atoms with Crippen molar-refractivity contribution in [2.45, 2.75) is 79.6 Å². The normalized spacial score (nSPS) is 17.7. The fourth-order valence-electron chi connectivity index (χ4n) is 3.95. The van der Waals surface area contributed by atoms with Crippen LogP contribution in [-0.4, -0.2) is 11.4 Å². The van der Waals surface area contributed by atoms with Crippen LogP contribution in [-0.2, 0) is 11.2 Å². The Kier molecular flexibility index (Phi) is 10.9. The Bertz CT molecular complexity index is 935. The molecular weight excluding hydrogens is 424 g/mol. The Morgan fingerprint density at radius 1 is 1.30 bits per heavy atom. The van der Waals surface area contributed by atoms with E-state index in [0.717, 1.165) is 32.9 Å². The fraction of sp³-hybridized carbons (Fsp3) is 0.517. The van der Waals surface area contributed by atoms with Crippen LogP contribution in [0.3, 0.4) is 0 Å². The van der Waals surface area contributed by atoms with E-state index in [1.54, 1.807) is 11.3 Å². The van der Waals surface area contributed by atoms with Gasteiger partial charge in [-0.3, -0.25) is 9.78 Å². The van der Waals surface area contributed by atoms with Gasteiger partial charge in [0.15, 0.2) is 0 Å². The van der Waals surface area contributed by atoms with Gasteiger partial charge >= 0.3 is 0 Å². The molecule has 0 aliphatic heterocycles. The third kappa shape index (κ3) is 10.4. The number of carbonyl (C=O) groups excluding carboxylic acids is 1. The highest BCUT2D eigenvalue weighted by molar-refractivity contribution is 7.14. The van der Waals surface area contributed by atoms with Crippen LogP contribution in [0.1, 0.15) is 88.5 Å². The van der Waals surface area contributed by atoms with Gasteiger partial charge in [0.1, 0.15) is 0 Å². The molecule has 3 nitrogen and oxygen atoms in total. The summed E-state index contributed by atoms with van der Waals surface area (Å²) in [5, 5.41) is 2.68. The van der Waals surface area contributed by atoms with E-state index < -0.39 is 0 Å². The average Bonchev–Trinajstić information content (AvgIpc) is 3.18. The maximum absolute atomic E-state index is 10.5. The minimum atomic E-state index is -0.0222. The first-order valence-corrected chi connectivity index (χ1v) is 12.9. The second-order valence-corrected chi connectivity index (χ2v) is 11.3. The number of carbonyl (C=O) groups is 1. The van der Waals surface area contributed by atoms with Gasteiger partial charge in [-0.15, -0.1) is 11.3 Å². The first kappa shape index (κ1) is 26.9. The lowest BCUT2D eigenvalue weighted by atomic mass is 9.80. The molecule has 0 spiro atoms. The molecule has 0 saturated heterocycles. The van der Waals surface area contributed by atoms with Crippen LogP contribution in [0.25, 0.3) is 5.57 Å². The lowest BCUT2D eigenvalue weighted by Crippen LogP contribution is -2.12. The third-order valence-electron chi connectivity index (χ3n) is 5.83. The van der Waals surface area contributed by atoms with E-state index in [0.29, 0.717) is 6.41 Å². The molecule has 1 aliphatic carbocycles. The van der Waals surface area contributed by atoms with Gasteiger partial charge in [-0.2, -0.15) is 0 Å². The summed E-state index contributed by atoms with van der Waals surface area (Å²) in [4.78, 5) is 16.6. The summed E-state index contributed by atoms with van der Waals surface area (Å²) in [6.07, 6.45) is 14.3. The van der Waals surface area contributed by atoms with E-state index >= 15 is 0 Å². The summed E-state index contributed by atoms with van der Waals surface area (Å²) < 4.78 is 0. The van der Waals surface area contributed by atoms with Crippen LogP contribution >= 0.6 is 11.3 Å². The van der Waals surface area contributed by atoms with Crippen LogP contribution in [0.15, 0.2) is 37.2 Å². The zero-order valence-electron chi connectivity index (χ0n) is 21.0. The SMILES string of the molecule is C=C(C)c1sc(C#CC(C)(C)C)cc1NC=O.CC1CCC(CCCc2cccnc2)CC1. The smallest absolute Gasteiger partial charge is 0.211 e. The predicted molar refractivity (Wildman–Crippen MR) is 143 cm³/mol. The summed E-state index contributed by atoms with van der Waals surface area (Å²) in [7, 11) is 0.